The number of carbonyl (C=O) groups is 1. The Morgan fingerprint density at radius 3 is 2.43 bits per heavy atom. The van der Waals surface area contributed by atoms with E-state index in [4.69, 9.17) is 16.3 Å². The van der Waals surface area contributed by atoms with Crippen LogP contribution in [0, 0.1) is 0 Å². The molecular weight excluding hydrogens is 312 g/mol. The molecule has 1 amide bonds. The Morgan fingerprint density at radius 1 is 1.17 bits per heavy atom. The SMILES string of the molecule is CNCC(=O)Nc1ccc(Oc2ccc(C(C)C)cc2)c(Cl)c1. The van der Waals surface area contributed by atoms with E-state index in [-0.39, 0.29) is 12.5 Å². The van der Waals surface area contributed by atoms with Gasteiger partial charge >= 0.3 is 0 Å². The minimum absolute atomic E-state index is 0.124. The summed E-state index contributed by atoms with van der Waals surface area (Å²) < 4.78 is 5.79. The van der Waals surface area contributed by atoms with Gasteiger partial charge in [0.05, 0.1) is 11.6 Å². The van der Waals surface area contributed by atoms with Gasteiger partial charge in [-0.25, -0.2) is 0 Å². The fourth-order valence-electron chi connectivity index (χ4n) is 2.07. The normalized spacial score (nSPS) is 10.7. The second-order valence-corrected chi connectivity index (χ2v) is 5.96. The minimum Gasteiger partial charge on any atom is -0.456 e. The molecule has 23 heavy (non-hydrogen) atoms. The fourth-order valence-corrected chi connectivity index (χ4v) is 2.29. The lowest BCUT2D eigenvalue weighted by atomic mass is 10.0. The van der Waals surface area contributed by atoms with Crippen LogP contribution in [0.2, 0.25) is 5.02 Å². The predicted molar refractivity (Wildman–Crippen MR) is 94.6 cm³/mol. The Morgan fingerprint density at radius 2 is 1.87 bits per heavy atom. The van der Waals surface area contributed by atoms with Crippen LogP contribution in [0.1, 0.15) is 25.3 Å². The van der Waals surface area contributed by atoms with E-state index >= 15 is 0 Å². The topological polar surface area (TPSA) is 50.4 Å². The lowest BCUT2D eigenvalue weighted by Gasteiger charge is -2.11. The molecule has 0 aliphatic carbocycles. The molecule has 0 bridgehead atoms. The Labute approximate surface area is 141 Å². The largest absolute Gasteiger partial charge is 0.456 e. The van der Waals surface area contributed by atoms with Crippen LogP contribution in [0.15, 0.2) is 42.5 Å². The molecule has 0 spiro atoms. The second-order valence-electron chi connectivity index (χ2n) is 5.55. The van der Waals surface area contributed by atoms with E-state index in [1.54, 1.807) is 25.2 Å². The van der Waals surface area contributed by atoms with E-state index in [0.717, 1.165) is 5.75 Å². The van der Waals surface area contributed by atoms with Crippen molar-refractivity contribution in [3.8, 4) is 11.5 Å². The van der Waals surface area contributed by atoms with Crippen LogP contribution in [-0.2, 0) is 4.79 Å². The number of benzene rings is 2. The molecule has 0 saturated heterocycles. The zero-order valence-electron chi connectivity index (χ0n) is 13.5. The van der Waals surface area contributed by atoms with E-state index in [9.17, 15) is 4.79 Å². The summed E-state index contributed by atoms with van der Waals surface area (Å²) >= 11 is 6.23. The standard InChI is InChI=1S/C18H21ClN2O2/c1-12(2)13-4-7-15(8-5-13)23-17-9-6-14(10-16(17)19)21-18(22)11-20-3/h4-10,12,20H,11H2,1-3H3,(H,21,22). The van der Waals surface area contributed by atoms with Gasteiger partial charge in [0, 0.05) is 5.69 Å². The van der Waals surface area contributed by atoms with Gasteiger partial charge in [-0.3, -0.25) is 4.79 Å². The molecule has 2 aromatic carbocycles. The summed E-state index contributed by atoms with van der Waals surface area (Å²) in [7, 11) is 1.72. The third kappa shape index (κ3) is 4.98. The van der Waals surface area contributed by atoms with Crippen LogP contribution in [0.4, 0.5) is 5.69 Å². The molecule has 0 radical (unpaired) electrons. The molecule has 2 rings (SSSR count). The highest BCUT2D eigenvalue weighted by Gasteiger charge is 2.07. The number of amides is 1. The monoisotopic (exact) mass is 332 g/mol. The molecule has 0 aliphatic heterocycles. The molecule has 4 nitrogen and oxygen atoms in total. The number of hydrogen-bond donors (Lipinski definition) is 2. The van der Waals surface area contributed by atoms with Crippen LogP contribution < -0.4 is 15.4 Å². The summed E-state index contributed by atoms with van der Waals surface area (Å²) in [6.07, 6.45) is 0. The van der Waals surface area contributed by atoms with Gasteiger partial charge in [-0.1, -0.05) is 37.6 Å². The van der Waals surface area contributed by atoms with Crippen molar-refractivity contribution in [2.45, 2.75) is 19.8 Å². The number of anilines is 1. The Hall–Kier alpha value is -2.04. The molecule has 0 atom stereocenters. The Balaban J connectivity index is 2.07. The van der Waals surface area contributed by atoms with E-state index in [0.29, 0.717) is 22.4 Å². The van der Waals surface area contributed by atoms with Crippen LogP contribution >= 0.6 is 11.6 Å². The van der Waals surface area contributed by atoms with Crippen molar-refractivity contribution >= 4 is 23.2 Å². The number of hydrogen-bond acceptors (Lipinski definition) is 3. The number of halogens is 1. The van der Waals surface area contributed by atoms with Gasteiger partial charge in [0.15, 0.2) is 0 Å². The van der Waals surface area contributed by atoms with Crippen molar-refractivity contribution in [1.82, 2.24) is 5.32 Å². The molecule has 0 aromatic heterocycles. The lowest BCUT2D eigenvalue weighted by molar-refractivity contribution is -0.115. The van der Waals surface area contributed by atoms with E-state index < -0.39 is 0 Å². The van der Waals surface area contributed by atoms with Gasteiger partial charge in [0.25, 0.3) is 0 Å². The average Bonchev–Trinajstić information content (AvgIpc) is 2.51. The summed E-state index contributed by atoms with van der Waals surface area (Å²) in [5.41, 5.74) is 1.89. The average molecular weight is 333 g/mol. The second kappa shape index (κ2) is 7.99. The number of likely N-dealkylation sites (N-methyl/N-ethyl adjacent to an activating group) is 1. The maximum absolute atomic E-state index is 11.5. The van der Waals surface area contributed by atoms with Crippen LogP contribution in [0.5, 0.6) is 11.5 Å². The summed E-state index contributed by atoms with van der Waals surface area (Å²) in [5, 5.41) is 5.99. The fraction of sp³-hybridized carbons (Fsp3) is 0.278. The smallest absolute Gasteiger partial charge is 0.238 e. The lowest BCUT2D eigenvalue weighted by Crippen LogP contribution is -2.24. The first-order valence-corrected chi connectivity index (χ1v) is 7.89. The van der Waals surface area contributed by atoms with Crippen molar-refractivity contribution in [3.05, 3.63) is 53.1 Å². The van der Waals surface area contributed by atoms with Gasteiger partial charge in [-0.15, -0.1) is 0 Å². The molecular formula is C18H21ClN2O2. The zero-order chi connectivity index (χ0) is 16.8. The van der Waals surface area contributed by atoms with E-state index in [1.165, 1.54) is 5.56 Å². The third-order valence-corrected chi connectivity index (χ3v) is 3.62. The molecule has 0 fully saturated rings. The molecule has 122 valence electrons. The Kier molecular flexibility index (Phi) is 6.02. The highest BCUT2D eigenvalue weighted by Crippen LogP contribution is 2.32. The van der Waals surface area contributed by atoms with Crippen molar-refractivity contribution in [2.75, 3.05) is 18.9 Å². The molecule has 2 aromatic rings. The maximum Gasteiger partial charge on any atom is 0.238 e. The first-order valence-electron chi connectivity index (χ1n) is 7.51. The molecule has 0 unspecified atom stereocenters. The number of nitrogens with one attached hydrogen (secondary N) is 2. The summed E-state index contributed by atoms with van der Waals surface area (Å²) in [4.78, 5) is 11.5. The quantitative estimate of drug-likeness (QED) is 0.823. The van der Waals surface area contributed by atoms with Crippen LogP contribution in [0.25, 0.3) is 0 Å². The summed E-state index contributed by atoms with van der Waals surface area (Å²) in [6.45, 7) is 4.54. The van der Waals surface area contributed by atoms with E-state index in [2.05, 4.69) is 24.5 Å². The van der Waals surface area contributed by atoms with Crippen LogP contribution in [-0.4, -0.2) is 19.5 Å². The maximum atomic E-state index is 11.5. The highest BCUT2D eigenvalue weighted by molar-refractivity contribution is 6.32. The molecule has 0 aliphatic rings. The first kappa shape index (κ1) is 17.3. The van der Waals surface area contributed by atoms with Crippen LogP contribution in [0.3, 0.4) is 0 Å². The number of ether oxygens (including phenoxy) is 1. The van der Waals surface area contributed by atoms with Crippen molar-refractivity contribution in [3.63, 3.8) is 0 Å². The first-order chi connectivity index (χ1) is 11.0. The molecule has 2 N–H and O–H groups in total. The van der Waals surface area contributed by atoms with Gasteiger partial charge in [0.2, 0.25) is 5.91 Å². The summed E-state index contributed by atoms with van der Waals surface area (Å²) in [5.74, 6) is 1.63. The van der Waals surface area contributed by atoms with Gasteiger partial charge < -0.3 is 15.4 Å². The highest BCUT2D eigenvalue weighted by atomic mass is 35.5. The van der Waals surface area contributed by atoms with Crippen molar-refractivity contribution in [2.24, 2.45) is 0 Å². The predicted octanol–water partition coefficient (Wildman–Crippen LogP) is 4.41. The number of rotatable bonds is 6. The van der Waals surface area contributed by atoms with Gasteiger partial charge in [0.1, 0.15) is 11.5 Å². The number of carbonyl (C=O) groups excluding carboxylic acids is 1. The molecule has 0 heterocycles. The minimum atomic E-state index is -0.124. The molecule has 0 saturated carbocycles. The zero-order valence-corrected chi connectivity index (χ0v) is 14.3. The van der Waals surface area contributed by atoms with Crippen molar-refractivity contribution < 1.29 is 9.53 Å². The Bertz CT molecular complexity index is 669. The van der Waals surface area contributed by atoms with Gasteiger partial charge in [-0.05, 0) is 48.9 Å². The van der Waals surface area contributed by atoms with Crippen molar-refractivity contribution in [1.29, 1.82) is 0 Å². The summed E-state index contributed by atoms with van der Waals surface area (Å²) in [6, 6.07) is 13.1. The van der Waals surface area contributed by atoms with Gasteiger partial charge in [-0.2, -0.15) is 0 Å². The van der Waals surface area contributed by atoms with E-state index in [1.807, 2.05) is 24.3 Å². The third-order valence-electron chi connectivity index (χ3n) is 3.33. The molecule has 5 heteroatoms.